The number of fused-ring (bicyclic) bond motifs is 3. The van der Waals surface area contributed by atoms with Crippen LogP contribution in [0, 0.1) is 17.8 Å². The van der Waals surface area contributed by atoms with Gasteiger partial charge in [0.1, 0.15) is 11.8 Å². The molecule has 4 aliphatic heterocycles. The molecule has 1 spiro atoms. The third-order valence-electron chi connectivity index (χ3n) is 6.23. The lowest BCUT2D eigenvalue weighted by molar-refractivity contribution is -0.175. The topological polar surface area (TPSA) is 93.2 Å². The number of imide groups is 1. The van der Waals surface area contributed by atoms with Crippen LogP contribution in [0.4, 0.5) is 5.69 Å². The Labute approximate surface area is 155 Å². The molecule has 4 saturated heterocycles. The van der Waals surface area contributed by atoms with Crippen LogP contribution < -0.4 is 4.90 Å². The van der Waals surface area contributed by atoms with Crippen LogP contribution in [0.15, 0.2) is 30.3 Å². The van der Waals surface area contributed by atoms with E-state index in [0.717, 1.165) is 12.0 Å². The van der Waals surface area contributed by atoms with E-state index in [-0.39, 0.29) is 5.92 Å². The Morgan fingerprint density at radius 1 is 1.15 bits per heavy atom. The Bertz CT molecular complexity index is 901. The minimum Gasteiger partial charge on any atom is -0.466 e. The second kappa shape index (κ2) is 4.95. The smallest absolute Gasteiger partial charge is 0.349 e. The highest BCUT2D eigenvalue weighted by atomic mass is 16.6. The molecule has 5 rings (SSSR count). The highest BCUT2D eigenvalue weighted by molar-refractivity contribution is 6.28. The van der Waals surface area contributed by atoms with E-state index in [9.17, 15) is 19.2 Å². The van der Waals surface area contributed by atoms with E-state index in [4.69, 9.17) is 9.47 Å². The first kappa shape index (κ1) is 16.4. The molecule has 3 amide bonds. The van der Waals surface area contributed by atoms with Crippen molar-refractivity contribution in [3.8, 4) is 0 Å². The van der Waals surface area contributed by atoms with E-state index in [1.54, 1.807) is 30.3 Å². The molecule has 1 aromatic rings. The zero-order chi connectivity index (χ0) is 19.1. The maximum atomic E-state index is 13.3. The van der Waals surface area contributed by atoms with Gasteiger partial charge in [-0.1, -0.05) is 25.1 Å². The molecule has 0 aromatic heterocycles. The monoisotopic (exact) mass is 370 g/mol. The molecule has 0 saturated carbocycles. The van der Waals surface area contributed by atoms with Gasteiger partial charge in [0.2, 0.25) is 11.8 Å². The van der Waals surface area contributed by atoms with Crippen LogP contribution in [0.2, 0.25) is 0 Å². The number of rotatable bonds is 2. The number of hydrogen-bond donors (Lipinski definition) is 0. The van der Waals surface area contributed by atoms with Crippen LogP contribution in [0.5, 0.6) is 0 Å². The summed E-state index contributed by atoms with van der Waals surface area (Å²) in [7, 11) is 1.15. The van der Waals surface area contributed by atoms with Gasteiger partial charge in [0.15, 0.2) is 5.72 Å². The zero-order valence-electron chi connectivity index (χ0n) is 14.9. The van der Waals surface area contributed by atoms with E-state index in [2.05, 4.69) is 0 Å². The average molecular weight is 370 g/mol. The third-order valence-corrected chi connectivity index (χ3v) is 6.23. The molecule has 4 aliphatic rings. The maximum Gasteiger partial charge on any atom is 0.349 e. The third kappa shape index (κ3) is 1.63. The van der Waals surface area contributed by atoms with Gasteiger partial charge in [-0.25, -0.2) is 9.69 Å². The number of carbonyl (C=O) groups excluding carboxylic acids is 4. The molecule has 4 fully saturated rings. The van der Waals surface area contributed by atoms with Crippen LogP contribution in [0.1, 0.15) is 13.3 Å². The van der Waals surface area contributed by atoms with Crippen molar-refractivity contribution in [3.05, 3.63) is 30.3 Å². The van der Waals surface area contributed by atoms with Gasteiger partial charge in [0.25, 0.3) is 11.5 Å². The van der Waals surface area contributed by atoms with Crippen molar-refractivity contribution in [2.75, 3.05) is 18.6 Å². The molecule has 8 heteroatoms. The van der Waals surface area contributed by atoms with Crippen molar-refractivity contribution >= 4 is 29.4 Å². The number of esters is 1. The summed E-state index contributed by atoms with van der Waals surface area (Å²) in [6.45, 7) is 2.33. The van der Waals surface area contributed by atoms with Gasteiger partial charge in [-0.3, -0.25) is 14.4 Å². The second-order valence-corrected chi connectivity index (χ2v) is 7.70. The Hall–Kier alpha value is -2.74. The highest BCUT2D eigenvalue weighted by Crippen LogP contribution is 2.63. The largest absolute Gasteiger partial charge is 0.466 e. The number of amides is 3. The number of carbonyl (C=O) groups is 4. The lowest BCUT2D eigenvalue weighted by atomic mass is 9.74. The predicted molar refractivity (Wildman–Crippen MR) is 90.0 cm³/mol. The van der Waals surface area contributed by atoms with Crippen LogP contribution in [-0.4, -0.2) is 53.6 Å². The van der Waals surface area contributed by atoms with Crippen LogP contribution >= 0.6 is 0 Å². The van der Waals surface area contributed by atoms with Crippen molar-refractivity contribution in [2.24, 2.45) is 17.8 Å². The summed E-state index contributed by atoms with van der Waals surface area (Å²) in [5.74, 6) is -4.54. The first-order valence-corrected chi connectivity index (χ1v) is 8.92. The fourth-order valence-corrected chi connectivity index (χ4v) is 5.34. The molecule has 1 aromatic carbocycles. The number of anilines is 1. The van der Waals surface area contributed by atoms with Gasteiger partial charge in [0, 0.05) is 13.0 Å². The molecule has 8 nitrogen and oxygen atoms in total. The number of hydrogen-bond acceptors (Lipinski definition) is 6. The molecule has 27 heavy (non-hydrogen) atoms. The van der Waals surface area contributed by atoms with Gasteiger partial charge in [-0.15, -0.1) is 0 Å². The Morgan fingerprint density at radius 2 is 1.81 bits per heavy atom. The lowest BCUT2D eigenvalue weighted by Crippen LogP contribution is -2.60. The number of benzene rings is 1. The van der Waals surface area contributed by atoms with Crippen LogP contribution in [0.3, 0.4) is 0 Å². The van der Waals surface area contributed by atoms with E-state index < -0.39 is 46.9 Å². The Balaban J connectivity index is 1.70. The summed E-state index contributed by atoms with van der Waals surface area (Å²) in [5.41, 5.74) is -2.91. The van der Waals surface area contributed by atoms with Gasteiger partial charge in [0.05, 0.1) is 12.8 Å². The van der Waals surface area contributed by atoms with Gasteiger partial charge >= 0.3 is 5.97 Å². The van der Waals surface area contributed by atoms with E-state index in [1.165, 1.54) is 4.90 Å². The van der Waals surface area contributed by atoms with Gasteiger partial charge in [-0.05, 0) is 18.1 Å². The SMILES string of the molecule is COC(=O)[C@@]12O[C@]3(C[C@@H](C)CN3C1=O)[C@@H]1C(=O)N(c3ccccc3)C(=O)[C@@H]12. The van der Waals surface area contributed by atoms with Gasteiger partial charge in [-0.2, -0.15) is 0 Å². The molecule has 2 bridgehead atoms. The van der Waals surface area contributed by atoms with Crippen molar-refractivity contribution < 1.29 is 28.7 Å². The molecule has 5 atom stereocenters. The maximum absolute atomic E-state index is 13.3. The lowest BCUT2D eigenvalue weighted by Gasteiger charge is -2.35. The first-order chi connectivity index (χ1) is 12.9. The van der Waals surface area contributed by atoms with Crippen molar-refractivity contribution in [3.63, 3.8) is 0 Å². The number of nitrogens with zero attached hydrogens (tertiary/aromatic N) is 2. The standard InChI is InChI=1S/C19H18N2O6/c1-10-8-18-12-13(15(23)21(14(12)22)11-6-4-3-5-7-11)19(27-18,17(25)26-2)16(24)20(18)9-10/h3-7,10,12-13H,8-9H2,1-2H3/t10-,12+,13-,18-,19+/m1/s1. The molecule has 4 heterocycles. The molecular weight excluding hydrogens is 352 g/mol. The fraction of sp³-hybridized carbons (Fsp3) is 0.474. The normalized spacial score (nSPS) is 39.2. The molecule has 0 radical (unpaired) electrons. The summed E-state index contributed by atoms with van der Waals surface area (Å²) in [6.07, 6.45) is 0.403. The summed E-state index contributed by atoms with van der Waals surface area (Å²) in [6, 6.07) is 8.52. The predicted octanol–water partition coefficient (Wildman–Crippen LogP) is 0.312. The molecule has 0 unspecified atom stereocenters. The quantitative estimate of drug-likeness (QED) is 0.423. The number of para-hydroxylation sites is 1. The number of ether oxygens (including phenoxy) is 2. The van der Waals surface area contributed by atoms with Crippen molar-refractivity contribution in [1.82, 2.24) is 4.90 Å². The fourth-order valence-electron chi connectivity index (χ4n) is 5.34. The van der Waals surface area contributed by atoms with Crippen molar-refractivity contribution in [1.29, 1.82) is 0 Å². The summed E-state index contributed by atoms with van der Waals surface area (Å²) >= 11 is 0. The summed E-state index contributed by atoms with van der Waals surface area (Å²) in [5, 5.41) is 0. The summed E-state index contributed by atoms with van der Waals surface area (Å²) in [4.78, 5) is 55.0. The first-order valence-electron chi connectivity index (χ1n) is 8.92. The minimum absolute atomic E-state index is 0.0945. The average Bonchev–Trinajstić information content (AvgIpc) is 3.31. The molecule has 0 N–H and O–H groups in total. The van der Waals surface area contributed by atoms with Crippen LogP contribution in [-0.2, 0) is 28.7 Å². The Kier molecular flexibility index (Phi) is 3.01. The molecular formula is C19H18N2O6. The van der Waals surface area contributed by atoms with E-state index in [1.807, 2.05) is 6.92 Å². The number of methoxy groups -OCH3 is 1. The summed E-state index contributed by atoms with van der Waals surface area (Å²) < 4.78 is 10.9. The molecule has 140 valence electrons. The second-order valence-electron chi connectivity index (χ2n) is 7.70. The Morgan fingerprint density at radius 3 is 2.48 bits per heavy atom. The van der Waals surface area contributed by atoms with Crippen molar-refractivity contribution in [2.45, 2.75) is 24.7 Å². The van der Waals surface area contributed by atoms with E-state index in [0.29, 0.717) is 18.7 Å². The number of piperidine rings is 1. The minimum atomic E-state index is -2.07. The zero-order valence-corrected chi connectivity index (χ0v) is 14.9. The highest BCUT2D eigenvalue weighted by Gasteiger charge is 2.86. The molecule has 0 aliphatic carbocycles. The van der Waals surface area contributed by atoms with Crippen LogP contribution in [0.25, 0.3) is 0 Å². The van der Waals surface area contributed by atoms with E-state index >= 15 is 0 Å². The van der Waals surface area contributed by atoms with Gasteiger partial charge < -0.3 is 14.4 Å².